The Morgan fingerprint density at radius 2 is 2.11 bits per heavy atom. The molecule has 0 radical (unpaired) electrons. The van der Waals surface area contributed by atoms with Crippen LogP contribution in [0.25, 0.3) is 0 Å². The predicted octanol–water partition coefficient (Wildman–Crippen LogP) is 2.66. The molecule has 1 aromatic carbocycles. The molecule has 2 rings (SSSR count). The van der Waals surface area contributed by atoms with Gasteiger partial charge in [-0.25, -0.2) is 0 Å². The molecule has 1 aliphatic rings. The molecule has 3 nitrogen and oxygen atoms in total. The molecule has 1 saturated carbocycles. The number of aryl methyl sites for hydroxylation is 1. The highest BCUT2D eigenvalue weighted by molar-refractivity contribution is 5.95. The second-order valence-electron chi connectivity index (χ2n) is 5.32. The number of hydrogen-bond donors (Lipinski definition) is 2. The minimum Gasteiger partial charge on any atom is -0.352 e. The van der Waals surface area contributed by atoms with Gasteiger partial charge in [-0.3, -0.25) is 4.79 Å². The first-order valence-corrected chi connectivity index (χ1v) is 6.76. The molecule has 1 aliphatic carbocycles. The molecule has 1 amide bonds. The molecular formula is C15H23ClN2O. The summed E-state index contributed by atoms with van der Waals surface area (Å²) in [5.74, 6) is 0.578. The first-order valence-electron chi connectivity index (χ1n) is 6.76. The van der Waals surface area contributed by atoms with E-state index in [0.29, 0.717) is 12.0 Å². The van der Waals surface area contributed by atoms with Gasteiger partial charge in [-0.05, 0) is 43.7 Å². The number of rotatable bonds is 3. The lowest BCUT2D eigenvalue weighted by molar-refractivity contribution is 0.0942. The average molecular weight is 283 g/mol. The summed E-state index contributed by atoms with van der Waals surface area (Å²) in [6, 6.07) is 8.01. The summed E-state index contributed by atoms with van der Waals surface area (Å²) >= 11 is 0. The van der Waals surface area contributed by atoms with Crippen LogP contribution in [0.3, 0.4) is 0 Å². The van der Waals surface area contributed by atoms with Crippen LogP contribution in [0.4, 0.5) is 0 Å². The van der Waals surface area contributed by atoms with E-state index in [1.165, 1.54) is 12.8 Å². The van der Waals surface area contributed by atoms with Crippen LogP contribution in [0.1, 0.15) is 41.6 Å². The molecule has 3 N–H and O–H groups in total. The average Bonchev–Trinajstić information content (AvgIpc) is 2.37. The molecule has 0 heterocycles. The molecule has 2 atom stereocenters. The Kier molecular flexibility index (Phi) is 6.32. The molecule has 0 spiro atoms. The Balaban J connectivity index is 0.00000180. The third kappa shape index (κ3) is 4.51. The normalized spacial score (nSPS) is 22.4. The van der Waals surface area contributed by atoms with Gasteiger partial charge in [0, 0.05) is 18.2 Å². The lowest BCUT2D eigenvalue weighted by Gasteiger charge is -2.26. The fourth-order valence-corrected chi connectivity index (χ4v) is 2.68. The van der Waals surface area contributed by atoms with E-state index in [1.807, 2.05) is 31.2 Å². The van der Waals surface area contributed by atoms with Gasteiger partial charge in [0.1, 0.15) is 0 Å². The Labute approximate surface area is 121 Å². The van der Waals surface area contributed by atoms with Crippen molar-refractivity contribution in [3.05, 3.63) is 35.4 Å². The van der Waals surface area contributed by atoms with Crippen molar-refractivity contribution in [2.45, 2.75) is 38.6 Å². The smallest absolute Gasteiger partial charge is 0.251 e. The van der Waals surface area contributed by atoms with Crippen LogP contribution >= 0.6 is 12.4 Å². The van der Waals surface area contributed by atoms with Gasteiger partial charge in [0.25, 0.3) is 5.91 Å². The molecule has 1 fully saturated rings. The van der Waals surface area contributed by atoms with Crippen molar-refractivity contribution < 1.29 is 4.79 Å². The van der Waals surface area contributed by atoms with Crippen molar-refractivity contribution in [3.63, 3.8) is 0 Å². The second-order valence-corrected chi connectivity index (χ2v) is 5.32. The second kappa shape index (κ2) is 7.51. The molecule has 106 valence electrons. The van der Waals surface area contributed by atoms with E-state index in [1.54, 1.807) is 0 Å². The minimum absolute atomic E-state index is 0. The lowest BCUT2D eigenvalue weighted by Crippen LogP contribution is -2.35. The summed E-state index contributed by atoms with van der Waals surface area (Å²) < 4.78 is 0. The van der Waals surface area contributed by atoms with E-state index in [0.717, 1.165) is 30.5 Å². The van der Waals surface area contributed by atoms with Gasteiger partial charge in [0.2, 0.25) is 0 Å². The number of halogens is 1. The number of carbonyl (C=O) groups excluding carboxylic acids is 1. The predicted molar refractivity (Wildman–Crippen MR) is 80.7 cm³/mol. The van der Waals surface area contributed by atoms with E-state index >= 15 is 0 Å². The fraction of sp³-hybridized carbons (Fsp3) is 0.533. The van der Waals surface area contributed by atoms with Gasteiger partial charge in [-0.15, -0.1) is 12.4 Å². The third-order valence-corrected chi connectivity index (χ3v) is 3.76. The summed E-state index contributed by atoms with van der Waals surface area (Å²) in [7, 11) is 0. The number of nitrogens with one attached hydrogen (secondary N) is 1. The summed E-state index contributed by atoms with van der Waals surface area (Å²) in [5, 5.41) is 3.04. The number of nitrogens with two attached hydrogens (primary N) is 1. The molecule has 0 bridgehead atoms. The molecule has 4 heteroatoms. The van der Waals surface area contributed by atoms with Gasteiger partial charge in [0.15, 0.2) is 0 Å². The van der Waals surface area contributed by atoms with Crippen LogP contribution in [0.5, 0.6) is 0 Å². The highest BCUT2D eigenvalue weighted by Crippen LogP contribution is 2.22. The van der Waals surface area contributed by atoms with Crippen molar-refractivity contribution in [3.8, 4) is 0 Å². The highest BCUT2D eigenvalue weighted by atomic mass is 35.5. The highest BCUT2D eigenvalue weighted by Gasteiger charge is 2.20. The SMILES string of the molecule is Cc1ccccc1C(=O)NCC1CCCC(N)C1.Cl. The topological polar surface area (TPSA) is 55.1 Å². The third-order valence-electron chi connectivity index (χ3n) is 3.76. The molecule has 2 unspecified atom stereocenters. The Bertz CT molecular complexity index is 422. The number of carbonyl (C=O) groups is 1. The van der Waals surface area contributed by atoms with E-state index < -0.39 is 0 Å². The van der Waals surface area contributed by atoms with Crippen LogP contribution in [0.15, 0.2) is 24.3 Å². The Morgan fingerprint density at radius 1 is 1.37 bits per heavy atom. The van der Waals surface area contributed by atoms with Gasteiger partial charge in [0.05, 0.1) is 0 Å². The number of benzene rings is 1. The Hall–Kier alpha value is -1.06. The maximum Gasteiger partial charge on any atom is 0.251 e. The van der Waals surface area contributed by atoms with Gasteiger partial charge >= 0.3 is 0 Å². The fourth-order valence-electron chi connectivity index (χ4n) is 2.68. The van der Waals surface area contributed by atoms with Gasteiger partial charge in [-0.2, -0.15) is 0 Å². The molecule has 0 aromatic heterocycles. The summed E-state index contributed by atoms with van der Waals surface area (Å²) in [6.45, 7) is 2.71. The van der Waals surface area contributed by atoms with Crippen molar-refractivity contribution >= 4 is 18.3 Å². The monoisotopic (exact) mass is 282 g/mol. The van der Waals surface area contributed by atoms with Crippen LogP contribution in [-0.4, -0.2) is 18.5 Å². The maximum absolute atomic E-state index is 12.0. The maximum atomic E-state index is 12.0. The standard InChI is InChI=1S/C15H22N2O.ClH/c1-11-5-2-3-8-14(11)15(18)17-10-12-6-4-7-13(16)9-12;/h2-3,5,8,12-13H,4,6-7,9-10,16H2,1H3,(H,17,18);1H. The zero-order chi connectivity index (χ0) is 13.0. The van der Waals surface area contributed by atoms with Crippen LogP contribution in [-0.2, 0) is 0 Å². The summed E-state index contributed by atoms with van der Waals surface area (Å²) in [6.07, 6.45) is 4.53. The minimum atomic E-state index is 0. The molecule has 1 aromatic rings. The van der Waals surface area contributed by atoms with Crippen molar-refractivity contribution in [1.82, 2.24) is 5.32 Å². The summed E-state index contributed by atoms with van der Waals surface area (Å²) in [5.41, 5.74) is 7.75. The van der Waals surface area contributed by atoms with Crippen molar-refractivity contribution in [1.29, 1.82) is 0 Å². The largest absolute Gasteiger partial charge is 0.352 e. The molecule has 0 aliphatic heterocycles. The van der Waals surface area contributed by atoms with Crippen LogP contribution in [0, 0.1) is 12.8 Å². The van der Waals surface area contributed by atoms with Gasteiger partial charge in [-0.1, -0.05) is 24.6 Å². The van der Waals surface area contributed by atoms with E-state index in [2.05, 4.69) is 5.32 Å². The Morgan fingerprint density at radius 3 is 2.79 bits per heavy atom. The molecule has 0 saturated heterocycles. The first kappa shape index (κ1) is 16.0. The molecule has 19 heavy (non-hydrogen) atoms. The van der Waals surface area contributed by atoms with Crippen LogP contribution < -0.4 is 11.1 Å². The quantitative estimate of drug-likeness (QED) is 0.895. The van der Waals surface area contributed by atoms with E-state index in [4.69, 9.17) is 5.73 Å². The van der Waals surface area contributed by atoms with Crippen molar-refractivity contribution in [2.75, 3.05) is 6.54 Å². The number of hydrogen-bond acceptors (Lipinski definition) is 2. The lowest BCUT2D eigenvalue weighted by atomic mass is 9.86. The number of amides is 1. The zero-order valence-corrected chi connectivity index (χ0v) is 12.2. The van der Waals surface area contributed by atoms with Crippen LogP contribution in [0.2, 0.25) is 0 Å². The van der Waals surface area contributed by atoms with E-state index in [9.17, 15) is 4.79 Å². The summed E-state index contributed by atoms with van der Waals surface area (Å²) in [4.78, 5) is 12.0. The molecular weight excluding hydrogens is 260 g/mol. The first-order chi connectivity index (χ1) is 8.66. The van der Waals surface area contributed by atoms with Gasteiger partial charge < -0.3 is 11.1 Å². The zero-order valence-electron chi connectivity index (χ0n) is 11.4. The van der Waals surface area contributed by atoms with Crippen molar-refractivity contribution in [2.24, 2.45) is 11.7 Å². The van der Waals surface area contributed by atoms with E-state index in [-0.39, 0.29) is 18.3 Å².